The van der Waals surface area contributed by atoms with Crippen molar-refractivity contribution in [1.82, 2.24) is 0 Å². The molecular formula is C11H13ClO3. The fourth-order valence-electron chi connectivity index (χ4n) is 1.52. The highest BCUT2D eigenvalue weighted by molar-refractivity contribution is 6.30. The Morgan fingerprint density at radius 1 is 1.53 bits per heavy atom. The van der Waals surface area contributed by atoms with Crippen molar-refractivity contribution < 1.29 is 14.6 Å². The number of hydrogen-bond acceptors (Lipinski definition) is 2. The Hall–Kier alpha value is -1.22. The molecule has 0 heterocycles. The van der Waals surface area contributed by atoms with E-state index in [1.165, 1.54) is 0 Å². The van der Waals surface area contributed by atoms with Gasteiger partial charge < -0.3 is 9.84 Å². The standard InChI is InChI=1S/C11H13ClO3/c1-7-5-9(12)6-8(11(7)15-2)3-4-10(13)14/h5-6H,3-4H2,1-2H3,(H,13,14). The number of methoxy groups -OCH3 is 1. The van der Waals surface area contributed by atoms with Crippen molar-refractivity contribution >= 4 is 17.6 Å². The van der Waals surface area contributed by atoms with E-state index in [9.17, 15) is 4.79 Å². The van der Waals surface area contributed by atoms with Crippen LogP contribution >= 0.6 is 11.6 Å². The average Bonchev–Trinajstić information content (AvgIpc) is 2.13. The number of hydrogen-bond donors (Lipinski definition) is 1. The first-order valence-corrected chi connectivity index (χ1v) is 4.97. The summed E-state index contributed by atoms with van der Waals surface area (Å²) in [6.07, 6.45) is 0.510. The zero-order valence-electron chi connectivity index (χ0n) is 8.71. The third kappa shape index (κ3) is 3.13. The van der Waals surface area contributed by atoms with Crippen molar-refractivity contribution in [3.63, 3.8) is 0 Å². The van der Waals surface area contributed by atoms with Crippen molar-refractivity contribution in [3.8, 4) is 5.75 Å². The van der Waals surface area contributed by atoms with Crippen LogP contribution in [0.15, 0.2) is 12.1 Å². The second-order valence-electron chi connectivity index (χ2n) is 3.31. The maximum Gasteiger partial charge on any atom is 0.303 e. The summed E-state index contributed by atoms with van der Waals surface area (Å²) >= 11 is 5.89. The predicted octanol–water partition coefficient (Wildman–Crippen LogP) is 2.67. The van der Waals surface area contributed by atoms with Gasteiger partial charge in [0.05, 0.1) is 7.11 Å². The monoisotopic (exact) mass is 228 g/mol. The van der Waals surface area contributed by atoms with Gasteiger partial charge in [-0.05, 0) is 36.6 Å². The number of benzene rings is 1. The van der Waals surface area contributed by atoms with Crippen LogP contribution in [0.25, 0.3) is 0 Å². The summed E-state index contributed by atoms with van der Waals surface area (Å²) in [5.41, 5.74) is 1.76. The van der Waals surface area contributed by atoms with Crippen LogP contribution in [0.2, 0.25) is 5.02 Å². The fraction of sp³-hybridized carbons (Fsp3) is 0.364. The molecule has 0 aliphatic heterocycles. The van der Waals surface area contributed by atoms with E-state index in [4.69, 9.17) is 21.4 Å². The van der Waals surface area contributed by atoms with E-state index >= 15 is 0 Å². The van der Waals surface area contributed by atoms with E-state index < -0.39 is 5.97 Å². The SMILES string of the molecule is COc1c(C)cc(Cl)cc1CCC(=O)O. The smallest absolute Gasteiger partial charge is 0.303 e. The molecule has 4 heteroatoms. The summed E-state index contributed by atoms with van der Waals surface area (Å²) in [6.45, 7) is 1.88. The summed E-state index contributed by atoms with van der Waals surface area (Å²) in [4.78, 5) is 10.5. The molecule has 0 radical (unpaired) electrons. The van der Waals surface area contributed by atoms with E-state index in [0.717, 1.165) is 16.9 Å². The van der Waals surface area contributed by atoms with Crippen molar-refractivity contribution in [2.45, 2.75) is 19.8 Å². The molecule has 3 nitrogen and oxygen atoms in total. The molecule has 0 fully saturated rings. The number of aryl methyl sites for hydroxylation is 2. The highest BCUT2D eigenvalue weighted by Crippen LogP contribution is 2.28. The highest BCUT2D eigenvalue weighted by atomic mass is 35.5. The molecule has 0 spiro atoms. The fourth-order valence-corrected chi connectivity index (χ4v) is 1.81. The molecule has 1 N–H and O–H groups in total. The van der Waals surface area contributed by atoms with Crippen molar-refractivity contribution in [3.05, 3.63) is 28.3 Å². The quantitative estimate of drug-likeness (QED) is 0.862. The van der Waals surface area contributed by atoms with E-state index in [1.807, 2.05) is 6.92 Å². The van der Waals surface area contributed by atoms with Gasteiger partial charge in [0, 0.05) is 11.4 Å². The van der Waals surface area contributed by atoms with E-state index in [1.54, 1.807) is 19.2 Å². The first-order chi connectivity index (χ1) is 7.04. The topological polar surface area (TPSA) is 46.5 Å². The normalized spacial score (nSPS) is 10.1. The first kappa shape index (κ1) is 11.9. The Bertz CT molecular complexity index is 374. The van der Waals surface area contributed by atoms with E-state index in [0.29, 0.717) is 11.4 Å². The van der Waals surface area contributed by atoms with Crippen LogP contribution in [0.5, 0.6) is 5.75 Å². The molecule has 82 valence electrons. The van der Waals surface area contributed by atoms with E-state index in [2.05, 4.69) is 0 Å². The molecule has 0 unspecified atom stereocenters. The Kier molecular flexibility index (Phi) is 3.97. The number of carboxylic acids is 1. The van der Waals surface area contributed by atoms with Crippen LogP contribution in [0, 0.1) is 6.92 Å². The Balaban J connectivity index is 2.98. The van der Waals surface area contributed by atoms with Crippen molar-refractivity contribution in [1.29, 1.82) is 0 Å². The minimum absolute atomic E-state index is 0.0795. The van der Waals surface area contributed by atoms with E-state index in [-0.39, 0.29) is 6.42 Å². The summed E-state index contributed by atoms with van der Waals surface area (Å²) < 4.78 is 5.21. The first-order valence-electron chi connectivity index (χ1n) is 4.59. The number of halogens is 1. The van der Waals surface area contributed by atoms with Crippen LogP contribution in [0.4, 0.5) is 0 Å². The van der Waals surface area contributed by atoms with Crippen LogP contribution in [-0.2, 0) is 11.2 Å². The van der Waals surface area contributed by atoms with Gasteiger partial charge >= 0.3 is 5.97 Å². The number of aliphatic carboxylic acids is 1. The molecule has 0 aromatic heterocycles. The predicted molar refractivity (Wildman–Crippen MR) is 58.7 cm³/mol. The van der Waals surface area contributed by atoms with Crippen LogP contribution in [-0.4, -0.2) is 18.2 Å². The van der Waals surface area contributed by atoms with Crippen molar-refractivity contribution in [2.75, 3.05) is 7.11 Å². The number of ether oxygens (including phenoxy) is 1. The lowest BCUT2D eigenvalue weighted by molar-refractivity contribution is -0.136. The minimum atomic E-state index is -0.824. The van der Waals surface area contributed by atoms with Gasteiger partial charge in [0.1, 0.15) is 5.75 Å². The zero-order chi connectivity index (χ0) is 11.4. The van der Waals surface area contributed by atoms with Crippen LogP contribution in [0.3, 0.4) is 0 Å². The second-order valence-corrected chi connectivity index (χ2v) is 3.75. The molecule has 15 heavy (non-hydrogen) atoms. The molecule has 0 saturated carbocycles. The minimum Gasteiger partial charge on any atom is -0.496 e. The molecule has 0 aliphatic carbocycles. The van der Waals surface area contributed by atoms with Gasteiger partial charge in [-0.3, -0.25) is 4.79 Å². The van der Waals surface area contributed by atoms with Gasteiger partial charge in [-0.2, -0.15) is 0 Å². The zero-order valence-corrected chi connectivity index (χ0v) is 9.47. The lowest BCUT2D eigenvalue weighted by Gasteiger charge is -2.11. The Labute approximate surface area is 93.6 Å². The van der Waals surface area contributed by atoms with Gasteiger partial charge in [-0.15, -0.1) is 0 Å². The lowest BCUT2D eigenvalue weighted by Crippen LogP contribution is -2.00. The summed E-state index contributed by atoms with van der Waals surface area (Å²) in [7, 11) is 1.57. The maximum atomic E-state index is 10.5. The average molecular weight is 229 g/mol. The molecular weight excluding hydrogens is 216 g/mol. The molecule has 1 aromatic carbocycles. The maximum absolute atomic E-state index is 10.5. The molecule has 0 bridgehead atoms. The van der Waals surface area contributed by atoms with Crippen molar-refractivity contribution in [2.24, 2.45) is 0 Å². The summed E-state index contributed by atoms with van der Waals surface area (Å²) in [5.74, 6) is -0.102. The Morgan fingerprint density at radius 2 is 2.20 bits per heavy atom. The molecule has 0 saturated heterocycles. The number of rotatable bonds is 4. The van der Waals surface area contributed by atoms with Crippen LogP contribution < -0.4 is 4.74 Å². The number of carbonyl (C=O) groups is 1. The molecule has 1 rings (SSSR count). The summed E-state index contributed by atoms with van der Waals surface area (Å²) in [6, 6.07) is 3.54. The molecule has 0 atom stereocenters. The molecule has 1 aromatic rings. The lowest BCUT2D eigenvalue weighted by atomic mass is 10.1. The second kappa shape index (κ2) is 5.03. The number of carboxylic acid groups (broad SMARTS) is 1. The third-order valence-corrected chi connectivity index (χ3v) is 2.35. The van der Waals surface area contributed by atoms with Gasteiger partial charge in [0.15, 0.2) is 0 Å². The summed E-state index contributed by atoms with van der Waals surface area (Å²) in [5, 5.41) is 9.21. The Morgan fingerprint density at radius 3 is 2.73 bits per heavy atom. The molecule has 0 aliphatic rings. The third-order valence-electron chi connectivity index (χ3n) is 2.13. The van der Waals surface area contributed by atoms with Gasteiger partial charge in [0.2, 0.25) is 0 Å². The van der Waals surface area contributed by atoms with Crippen LogP contribution in [0.1, 0.15) is 17.5 Å². The highest BCUT2D eigenvalue weighted by Gasteiger charge is 2.09. The largest absolute Gasteiger partial charge is 0.496 e. The van der Waals surface area contributed by atoms with Gasteiger partial charge in [-0.25, -0.2) is 0 Å². The van der Waals surface area contributed by atoms with Gasteiger partial charge in [-0.1, -0.05) is 11.6 Å². The van der Waals surface area contributed by atoms with Gasteiger partial charge in [0.25, 0.3) is 0 Å². The molecule has 0 amide bonds.